The monoisotopic (exact) mass is 327 g/mol. The lowest BCUT2D eigenvalue weighted by atomic mass is 10.1. The van der Waals surface area contributed by atoms with E-state index in [0.29, 0.717) is 12.1 Å². The van der Waals surface area contributed by atoms with Crippen molar-refractivity contribution in [2.24, 2.45) is 0 Å². The predicted molar refractivity (Wildman–Crippen MR) is 90.5 cm³/mol. The maximum Gasteiger partial charge on any atom is 0.192 e. The fraction of sp³-hybridized carbons (Fsp3) is 1.00. The van der Waals surface area contributed by atoms with E-state index in [1.807, 2.05) is 13.8 Å². The Labute approximate surface area is 136 Å². The van der Waals surface area contributed by atoms with Crippen LogP contribution in [0.2, 0.25) is 18.1 Å². The Hall–Kier alpha value is 0.0569. The molecule has 0 aromatic rings. The van der Waals surface area contributed by atoms with Crippen LogP contribution in [0.4, 0.5) is 0 Å². The highest BCUT2D eigenvalue weighted by molar-refractivity contribution is 6.74. The number of hydrogen-bond donors (Lipinski definition) is 0. The van der Waals surface area contributed by atoms with Gasteiger partial charge in [0.1, 0.15) is 12.2 Å². The van der Waals surface area contributed by atoms with Crippen molar-refractivity contribution >= 4 is 8.32 Å². The van der Waals surface area contributed by atoms with Crippen LogP contribution in [-0.2, 0) is 13.9 Å². The molecule has 3 fully saturated rings. The van der Waals surface area contributed by atoms with Gasteiger partial charge in [-0.05, 0) is 51.4 Å². The normalized spacial score (nSPS) is 38.3. The van der Waals surface area contributed by atoms with E-state index in [1.165, 1.54) is 12.8 Å². The molecular weight excluding hydrogens is 294 g/mol. The van der Waals surface area contributed by atoms with Gasteiger partial charge in [-0.25, -0.2) is 0 Å². The lowest BCUT2D eigenvalue weighted by Crippen LogP contribution is -2.48. The van der Waals surface area contributed by atoms with Gasteiger partial charge in [-0.15, -0.1) is 0 Å². The fourth-order valence-electron chi connectivity index (χ4n) is 3.88. The van der Waals surface area contributed by atoms with Crippen molar-refractivity contribution < 1.29 is 13.9 Å². The molecule has 0 spiro atoms. The van der Waals surface area contributed by atoms with E-state index in [0.717, 1.165) is 13.2 Å². The Kier molecular flexibility index (Phi) is 4.06. The third-order valence-corrected chi connectivity index (χ3v) is 10.6. The molecule has 3 aliphatic rings. The Morgan fingerprint density at radius 1 is 1.18 bits per heavy atom. The molecule has 3 heterocycles. The van der Waals surface area contributed by atoms with E-state index in [9.17, 15) is 0 Å². The van der Waals surface area contributed by atoms with Crippen LogP contribution in [0.15, 0.2) is 0 Å². The van der Waals surface area contributed by atoms with Gasteiger partial charge in [0, 0.05) is 6.04 Å². The maximum absolute atomic E-state index is 6.52. The second kappa shape index (κ2) is 5.28. The van der Waals surface area contributed by atoms with Crippen LogP contribution >= 0.6 is 0 Å². The first-order valence-corrected chi connectivity index (χ1v) is 11.7. The van der Waals surface area contributed by atoms with E-state index in [-0.39, 0.29) is 17.2 Å². The molecule has 0 bridgehead atoms. The van der Waals surface area contributed by atoms with Crippen LogP contribution in [-0.4, -0.2) is 56.4 Å². The standard InChI is InChI=1S/C17H33NO3Si/c1-16(2,3)22(6,7)19-11-13-15-14(20-17(4,5)21-15)12-9-8-10-18(12)13/h12-15H,8-11H2,1-7H3/t12-,13-,14-,15+/m0/s1. The summed E-state index contributed by atoms with van der Waals surface area (Å²) in [5, 5.41) is 0.252. The van der Waals surface area contributed by atoms with E-state index in [2.05, 4.69) is 38.8 Å². The molecule has 4 atom stereocenters. The Bertz CT molecular complexity index is 432. The van der Waals surface area contributed by atoms with Crippen LogP contribution < -0.4 is 0 Å². The third kappa shape index (κ3) is 2.79. The van der Waals surface area contributed by atoms with Crippen LogP contribution in [0.1, 0.15) is 47.5 Å². The van der Waals surface area contributed by atoms with Gasteiger partial charge in [0.25, 0.3) is 0 Å². The summed E-state index contributed by atoms with van der Waals surface area (Å²) in [6, 6.07) is 0.883. The number of ether oxygens (including phenoxy) is 2. The van der Waals surface area contributed by atoms with Crippen molar-refractivity contribution in [3.63, 3.8) is 0 Å². The van der Waals surface area contributed by atoms with Crippen molar-refractivity contribution in [3.05, 3.63) is 0 Å². The molecule has 0 saturated carbocycles. The zero-order valence-corrected chi connectivity index (χ0v) is 16.3. The zero-order valence-electron chi connectivity index (χ0n) is 15.3. The van der Waals surface area contributed by atoms with Gasteiger partial charge in [-0.3, -0.25) is 4.90 Å². The van der Waals surface area contributed by atoms with Gasteiger partial charge in [0.05, 0.1) is 12.6 Å². The molecule has 0 aromatic heterocycles. The Balaban J connectivity index is 1.72. The smallest absolute Gasteiger partial charge is 0.192 e. The SMILES string of the molecule is CC1(C)O[C@@H]2[C@H](O1)[C@H](CO[Si](C)(C)C(C)(C)C)N1CCC[C@@H]21. The number of hydrogen-bond acceptors (Lipinski definition) is 4. The molecule has 128 valence electrons. The van der Waals surface area contributed by atoms with Crippen LogP contribution in [0, 0.1) is 0 Å². The molecule has 0 radical (unpaired) electrons. The van der Waals surface area contributed by atoms with Gasteiger partial charge < -0.3 is 13.9 Å². The minimum atomic E-state index is -1.72. The molecule has 3 saturated heterocycles. The molecule has 22 heavy (non-hydrogen) atoms. The highest BCUT2D eigenvalue weighted by Gasteiger charge is 2.59. The molecule has 3 rings (SSSR count). The van der Waals surface area contributed by atoms with Crippen LogP contribution in [0.3, 0.4) is 0 Å². The minimum absolute atomic E-state index is 0.171. The average molecular weight is 328 g/mol. The molecule has 3 aliphatic heterocycles. The van der Waals surface area contributed by atoms with Crippen molar-refractivity contribution in [2.45, 2.75) is 95.7 Å². The molecule has 4 nitrogen and oxygen atoms in total. The van der Waals surface area contributed by atoms with Crippen LogP contribution in [0.25, 0.3) is 0 Å². The third-order valence-electron chi connectivity index (χ3n) is 6.11. The van der Waals surface area contributed by atoms with Gasteiger partial charge >= 0.3 is 0 Å². The van der Waals surface area contributed by atoms with Crippen molar-refractivity contribution in [3.8, 4) is 0 Å². The molecule has 5 heteroatoms. The van der Waals surface area contributed by atoms with Gasteiger partial charge in [-0.1, -0.05) is 20.8 Å². The molecule has 0 amide bonds. The fourth-order valence-corrected chi connectivity index (χ4v) is 4.90. The first kappa shape index (κ1) is 16.9. The summed E-state index contributed by atoms with van der Waals surface area (Å²) in [5.74, 6) is -0.445. The minimum Gasteiger partial charge on any atom is -0.415 e. The van der Waals surface area contributed by atoms with Crippen molar-refractivity contribution in [2.75, 3.05) is 13.2 Å². The molecule has 0 N–H and O–H groups in total. The summed E-state index contributed by atoms with van der Waals surface area (Å²) in [6.07, 6.45) is 2.90. The molecule has 0 unspecified atom stereocenters. The topological polar surface area (TPSA) is 30.9 Å². The summed E-state index contributed by atoms with van der Waals surface area (Å²) in [4.78, 5) is 2.59. The van der Waals surface area contributed by atoms with E-state index in [1.54, 1.807) is 0 Å². The molecule has 0 aliphatic carbocycles. The summed E-state index contributed by atoms with van der Waals surface area (Å²) in [7, 11) is -1.72. The van der Waals surface area contributed by atoms with Crippen molar-refractivity contribution in [1.29, 1.82) is 0 Å². The summed E-state index contributed by atoms with van der Waals surface area (Å²) in [5.41, 5.74) is 0. The highest BCUT2D eigenvalue weighted by Crippen LogP contribution is 2.45. The lowest BCUT2D eigenvalue weighted by Gasteiger charge is -2.38. The number of nitrogens with zero attached hydrogens (tertiary/aromatic N) is 1. The van der Waals surface area contributed by atoms with Crippen molar-refractivity contribution in [1.82, 2.24) is 4.90 Å². The van der Waals surface area contributed by atoms with E-state index >= 15 is 0 Å². The second-order valence-electron chi connectivity index (χ2n) is 9.15. The summed E-state index contributed by atoms with van der Waals surface area (Å²) in [6.45, 7) is 17.6. The average Bonchev–Trinajstić information content (AvgIpc) is 2.97. The predicted octanol–water partition coefficient (Wildman–Crippen LogP) is 3.37. The first-order chi connectivity index (χ1) is 10.0. The molecular formula is C17H33NO3Si. The summed E-state index contributed by atoms with van der Waals surface area (Å²) >= 11 is 0. The first-order valence-electron chi connectivity index (χ1n) is 8.77. The van der Waals surface area contributed by atoms with Gasteiger partial charge in [0.2, 0.25) is 0 Å². The largest absolute Gasteiger partial charge is 0.415 e. The van der Waals surface area contributed by atoms with E-state index < -0.39 is 14.1 Å². The zero-order chi connectivity index (χ0) is 16.3. The van der Waals surface area contributed by atoms with Gasteiger partial charge in [-0.2, -0.15) is 0 Å². The quantitative estimate of drug-likeness (QED) is 0.744. The summed E-state index contributed by atoms with van der Waals surface area (Å²) < 4.78 is 19.0. The Morgan fingerprint density at radius 2 is 1.82 bits per heavy atom. The number of fused-ring (bicyclic) bond motifs is 3. The van der Waals surface area contributed by atoms with Crippen LogP contribution in [0.5, 0.6) is 0 Å². The molecule has 0 aromatic carbocycles. The highest BCUT2D eigenvalue weighted by atomic mass is 28.4. The Morgan fingerprint density at radius 3 is 2.45 bits per heavy atom. The van der Waals surface area contributed by atoms with E-state index in [4.69, 9.17) is 13.9 Å². The van der Waals surface area contributed by atoms with Gasteiger partial charge in [0.15, 0.2) is 14.1 Å². The number of rotatable bonds is 3. The second-order valence-corrected chi connectivity index (χ2v) is 14.0. The lowest BCUT2D eigenvalue weighted by molar-refractivity contribution is -0.166. The maximum atomic E-state index is 6.52.